The second-order valence-electron chi connectivity index (χ2n) is 6.50. The van der Waals surface area contributed by atoms with Crippen LogP contribution in [0.4, 0.5) is 5.95 Å². The summed E-state index contributed by atoms with van der Waals surface area (Å²) >= 11 is 0. The molecule has 8 heteroatoms. The lowest BCUT2D eigenvalue weighted by molar-refractivity contribution is 0.0928. The molecule has 1 saturated heterocycles. The Morgan fingerprint density at radius 3 is 2.96 bits per heavy atom. The molecule has 0 saturated carbocycles. The first-order valence-electron chi connectivity index (χ1n) is 8.43. The van der Waals surface area contributed by atoms with Crippen molar-refractivity contribution in [3.8, 4) is 0 Å². The Hall–Kier alpha value is -2.90. The molecule has 1 aliphatic rings. The van der Waals surface area contributed by atoms with E-state index in [2.05, 4.69) is 20.2 Å². The van der Waals surface area contributed by atoms with Gasteiger partial charge in [0, 0.05) is 45.6 Å². The first kappa shape index (κ1) is 15.6. The lowest BCUT2D eigenvalue weighted by atomic mass is 10.1. The molecule has 3 aromatic heterocycles. The van der Waals surface area contributed by atoms with Crippen molar-refractivity contribution < 1.29 is 4.79 Å². The molecular formula is C17H21N7O. The molecule has 1 unspecified atom stereocenters. The molecule has 0 spiro atoms. The number of aryl methyl sites for hydroxylation is 2. The molecule has 130 valence electrons. The largest absolute Gasteiger partial charge is 0.346 e. The van der Waals surface area contributed by atoms with E-state index in [1.165, 1.54) is 0 Å². The molecule has 1 aliphatic heterocycles. The van der Waals surface area contributed by atoms with Crippen LogP contribution in [0.5, 0.6) is 0 Å². The zero-order chi connectivity index (χ0) is 17.4. The van der Waals surface area contributed by atoms with Crippen LogP contribution in [0, 0.1) is 0 Å². The molecule has 1 fully saturated rings. The van der Waals surface area contributed by atoms with Crippen LogP contribution >= 0.6 is 0 Å². The van der Waals surface area contributed by atoms with Gasteiger partial charge in [-0.15, -0.1) is 0 Å². The first-order chi connectivity index (χ1) is 12.1. The van der Waals surface area contributed by atoms with Crippen LogP contribution in [-0.4, -0.2) is 49.1 Å². The number of hydrogen-bond donors (Lipinski definition) is 1. The maximum Gasteiger partial charge on any atom is 0.271 e. The molecule has 0 aromatic carbocycles. The predicted molar refractivity (Wildman–Crippen MR) is 94.4 cm³/mol. The summed E-state index contributed by atoms with van der Waals surface area (Å²) in [6.45, 7) is 1.66. The molecule has 3 aromatic rings. The Morgan fingerprint density at radius 2 is 2.20 bits per heavy atom. The second-order valence-corrected chi connectivity index (χ2v) is 6.50. The topological polar surface area (TPSA) is 80.9 Å². The second kappa shape index (κ2) is 6.19. The molecule has 4 heterocycles. The minimum atomic E-state index is -0.126. The van der Waals surface area contributed by atoms with Crippen LogP contribution in [0.2, 0.25) is 0 Å². The van der Waals surface area contributed by atoms with Crippen LogP contribution in [-0.2, 0) is 14.1 Å². The SMILES string of the molecule is Cn1cnc(C(=O)NC2CCCN(c3nc4cccnc4n3C)C2)c1. The minimum Gasteiger partial charge on any atom is -0.346 e. The minimum absolute atomic E-state index is 0.0797. The number of aromatic nitrogens is 5. The predicted octanol–water partition coefficient (Wildman–Crippen LogP) is 1.10. The van der Waals surface area contributed by atoms with E-state index in [4.69, 9.17) is 4.98 Å². The summed E-state index contributed by atoms with van der Waals surface area (Å²) in [4.78, 5) is 27.8. The van der Waals surface area contributed by atoms with E-state index in [9.17, 15) is 4.79 Å². The number of anilines is 1. The molecule has 1 atom stereocenters. The molecule has 25 heavy (non-hydrogen) atoms. The Balaban J connectivity index is 1.50. The van der Waals surface area contributed by atoms with Gasteiger partial charge in [0.15, 0.2) is 5.65 Å². The Kier molecular flexibility index (Phi) is 3.87. The number of nitrogens with zero attached hydrogens (tertiary/aromatic N) is 6. The van der Waals surface area contributed by atoms with Crippen molar-refractivity contribution in [2.45, 2.75) is 18.9 Å². The number of nitrogens with one attached hydrogen (secondary N) is 1. The van der Waals surface area contributed by atoms with Crippen molar-refractivity contribution >= 4 is 23.0 Å². The highest BCUT2D eigenvalue weighted by Gasteiger charge is 2.25. The average molecular weight is 339 g/mol. The normalized spacial score (nSPS) is 17.8. The average Bonchev–Trinajstić information content (AvgIpc) is 3.19. The van der Waals surface area contributed by atoms with Gasteiger partial charge in [-0.2, -0.15) is 0 Å². The number of rotatable bonds is 3. The maximum absolute atomic E-state index is 12.3. The van der Waals surface area contributed by atoms with Gasteiger partial charge in [0.05, 0.1) is 6.33 Å². The highest BCUT2D eigenvalue weighted by molar-refractivity contribution is 5.92. The van der Waals surface area contributed by atoms with Gasteiger partial charge in [-0.05, 0) is 25.0 Å². The Morgan fingerprint density at radius 1 is 1.32 bits per heavy atom. The van der Waals surface area contributed by atoms with Crippen molar-refractivity contribution in [3.05, 3.63) is 36.5 Å². The number of carbonyl (C=O) groups is 1. The van der Waals surface area contributed by atoms with Gasteiger partial charge in [0.25, 0.3) is 5.91 Å². The molecule has 0 radical (unpaired) electrons. The van der Waals surface area contributed by atoms with Crippen molar-refractivity contribution in [1.82, 2.24) is 29.4 Å². The van der Waals surface area contributed by atoms with Crippen LogP contribution in [0.3, 0.4) is 0 Å². The van der Waals surface area contributed by atoms with E-state index in [0.717, 1.165) is 43.0 Å². The fourth-order valence-electron chi connectivity index (χ4n) is 3.36. The summed E-state index contributed by atoms with van der Waals surface area (Å²) in [7, 11) is 3.83. The van der Waals surface area contributed by atoms with Gasteiger partial charge in [0.2, 0.25) is 5.95 Å². The van der Waals surface area contributed by atoms with Crippen LogP contribution in [0.15, 0.2) is 30.9 Å². The number of amides is 1. The standard InChI is InChI=1S/C17H21N7O/c1-22-10-14(19-11-22)16(25)20-12-5-4-8-24(9-12)17-21-13-6-3-7-18-15(13)23(17)2/h3,6-7,10-12H,4-5,8-9H2,1-2H3,(H,20,25). The number of imidazole rings is 2. The van der Waals surface area contributed by atoms with Crippen molar-refractivity contribution in [3.63, 3.8) is 0 Å². The number of hydrogen-bond acceptors (Lipinski definition) is 5. The third kappa shape index (κ3) is 2.95. The number of carbonyl (C=O) groups excluding carboxylic acids is 1. The summed E-state index contributed by atoms with van der Waals surface area (Å²) in [5.41, 5.74) is 2.21. The summed E-state index contributed by atoms with van der Waals surface area (Å²) < 4.78 is 3.78. The third-order valence-electron chi connectivity index (χ3n) is 4.58. The van der Waals surface area contributed by atoms with Crippen molar-refractivity contribution in [2.75, 3.05) is 18.0 Å². The van der Waals surface area contributed by atoms with Crippen molar-refractivity contribution in [2.24, 2.45) is 14.1 Å². The zero-order valence-electron chi connectivity index (χ0n) is 14.4. The number of pyridine rings is 1. The Labute approximate surface area is 145 Å². The number of piperidine rings is 1. The van der Waals surface area contributed by atoms with Crippen molar-refractivity contribution in [1.29, 1.82) is 0 Å². The molecule has 0 bridgehead atoms. The lowest BCUT2D eigenvalue weighted by Crippen LogP contribution is -2.48. The highest BCUT2D eigenvalue weighted by atomic mass is 16.2. The molecular weight excluding hydrogens is 318 g/mol. The van der Waals surface area contributed by atoms with Gasteiger partial charge < -0.3 is 14.8 Å². The quantitative estimate of drug-likeness (QED) is 0.773. The monoisotopic (exact) mass is 339 g/mol. The fourth-order valence-corrected chi connectivity index (χ4v) is 3.36. The van der Waals surface area contributed by atoms with E-state index in [1.807, 2.05) is 30.8 Å². The van der Waals surface area contributed by atoms with E-state index in [-0.39, 0.29) is 11.9 Å². The third-order valence-corrected chi connectivity index (χ3v) is 4.58. The molecule has 1 N–H and O–H groups in total. The van der Waals surface area contributed by atoms with E-state index >= 15 is 0 Å². The van der Waals surface area contributed by atoms with E-state index < -0.39 is 0 Å². The van der Waals surface area contributed by atoms with Gasteiger partial charge in [0.1, 0.15) is 11.2 Å². The summed E-state index contributed by atoms with van der Waals surface area (Å²) in [5, 5.41) is 3.09. The smallest absolute Gasteiger partial charge is 0.271 e. The van der Waals surface area contributed by atoms with Crippen LogP contribution in [0.1, 0.15) is 23.3 Å². The molecule has 8 nitrogen and oxygen atoms in total. The maximum atomic E-state index is 12.3. The molecule has 1 amide bonds. The first-order valence-corrected chi connectivity index (χ1v) is 8.43. The van der Waals surface area contributed by atoms with E-state index in [1.54, 1.807) is 23.3 Å². The highest BCUT2D eigenvalue weighted by Crippen LogP contribution is 2.22. The van der Waals surface area contributed by atoms with Crippen LogP contribution in [0.25, 0.3) is 11.2 Å². The van der Waals surface area contributed by atoms with Gasteiger partial charge in [-0.1, -0.05) is 0 Å². The number of fused-ring (bicyclic) bond motifs is 1. The van der Waals surface area contributed by atoms with Crippen LogP contribution < -0.4 is 10.2 Å². The lowest BCUT2D eigenvalue weighted by Gasteiger charge is -2.33. The van der Waals surface area contributed by atoms with Gasteiger partial charge >= 0.3 is 0 Å². The molecule has 0 aliphatic carbocycles. The summed E-state index contributed by atoms with van der Waals surface area (Å²) in [5.74, 6) is 0.768. The summed E-state index contributed by atoms with van der Waals surface area (Å²) in [6.07, 6.45) is 7.10. The summed E-state index contributed by atoms with van der Waals surface area (Å²) in [6, 6.07) is 3.94. The molecule has 4 rings (SSSR count). The Bertz CT molecular complexity index is 913. The van der Waals surface area contributed by atoms with Gasteiger partial charge in [-0.25, -0.2) is 15.0 Å². The fraction of sp³-hybridized carbons (Fsp3) is 0.412. The zero-order valence-corrected chi connectivity index (χ0v) is 14.4. The van der Waals surface area contributed by atoms with Gasteiger partial charge in [-0.3, -0.25) is 9.36 Å². The van der Waals surface area contributed by atoms with E-state index in [0.29, 0.717) is 5.69 Å².